The normalized spacial score (nSPS) is 22.4. The fraction of sp³-hybridized carbons (Fsp3) is 0.333. The molecule has 2 bridgehead atoms. The third-order valence-corrected chi connectivity index (χ3v) is 8.88. The zero-order chi connectivity index (χ0) is 27.7. The molecular weight excluding hydrogens is 521 g/mol. The molecular formula is C30H28FN9O. The Hall–Kier alpha value is -4.53. The van der Waals surface area contributed by atoms with Crippen molar-refractivity contribution in [3.8, 4) is 17.2 Å². The van der Waals surface area contributed by atoms with Gasteiger partial charge in [-0.3, -0.25) is 4.90 Å². The lowest BCUT2D eigenvalue weighted by atomic mass is 9.87. The number of anilines is 2. The summed E-state index contributed by atoms with van der Waals surface area (Å²) in [4.78, 5) is 19.1. The van der Waals surface area contributed by atoms with Gasteiger partial charge in [-0.05, 0) is 42.7 Å². The van der Waals surface area contributed by atoms with Crippen molar-refractivity contribution in [1.29, 1.82) is 5.26 Å². The summed E-state index contributed by atoms with van der Waals surface area (Å²) in [5.41, 5.74) is 5.65. The van der Waals surface area contributed by atoms with E-state index in [0.717, 1.165) is 72.7 Å². The minimum atomic E-state index is -0.336. The molecule has 41 heavy (non-hydrogen) atoms. The highest BCUT2D eigenvalue weighted by Gasteiger charge is 2.44. The van der Waals surface area contributed by atoms with Crippen molar-refractivity contribution in [2.75, 3.05) is 36.0 Å². The van der Waals surface area contributed by atoms with Crippen molar-refractivity contribution in [2.45, 2.75) is 37.6 Å². The maximum atomic E-state index is 14.0. The molecule has 4 saturated heterocycles. The lowest BCUT2D eigenvalue weighted by Crippen LogP contribution is -2.68. The number of pyridine rings is 3. The number of hydrogen-bond donors (Lipinski definition) is 2. The van der Waals surface area contributed by atoms with Gasteiger partial charge in [0.25, 0.3) is 0 Å². The number of nitrogens with one attached hydrogen (secondary N) is 1. The molecule has 5 aromatic rings. The van der Waals surface area contributed by atoms with E-state index < -0.39 is 0 Å². The summed E-state index contributed by atoms with van der Waals surface area (Å²) < 4.78 is 15.8. The Morgan fingerprint density at radius 1 is 1.07 bits per heavy atom. The van der Waals surface area contributed by atoms with E-state index in [1.54, 1.807) is 10.7 Å². The molecule has 2 N–H and O–H groups in total. The van der Waals surface area contributed by atoms with E-state index in [9.17, 15) is 14.8 Å². The molecule has 9 heterocycles. The number of aliphatic hydroxyl groups is 1. The average Bonchev–Trinajstić information content (AvgIpc) is 3.73. The summed E-state index contributed by atoms with van der Waals surface area (Å²) in [5.74, 6) is 0.669. The third-order valence-electron chi connectivity index (χ3n) is 8.88. The zero-order valence-electron chi connectivity index (χ0n) is 22.3. The monoisotopic (exact) mass is 549 g/mol. The first-order chi connectivity index (χ1) is 20.0. The van der Waals surface area contributed by atoms with E-state index >= 15 is 0 Å². The second-order valence-electron chi connectivity index (χ2n) is 11.4. The van der Waals surface area contributed by atoms with Crippen LogP contribution in [0.4, 0.5) is 15.9 Å². The van der Waals surface area contributed by atoms with Gasteiger partial charge >= 0.3 is 0 Å². The summed E-state index contributed by atoms with van der Waals surface area (Å²) in [5, 5.41) is 24.8. The highest BCUT2D eigenvalue weighted by atomic mass is 19.1. The highest BCUT2D eigenvalue weighted by molar-refractivity contribution is 5.86. The molecule has 4 aliphatic heterocycles. The Morgan fingerprint density at radius 2 is 1.95 bits per heavy atom. The predicted octanol–water partition coefficient (Wildman–Crippen LogP) is 3.32. The number of piperazine rings is 1. The smallest absolute Gasteiger partial charge is 0.150 e. The Morgan fingerprint density at radius 3 is 2.71 bits per heavy atom. The predicted molar refractivity (Wildman–Crippen MR) is 152 cm³/mol. The van der Waals surface area contributed by atoms with Crippen LogP contribution in [-0.2, 0) is 6.54 Å². The standard InChI is InChI=1S/C30H28FN9O/c31-27-12-35-30-26(27)5-18(9-34-30)13-39-22-6-23(39)15-38(14-22)28-2-1-19(10-33-28)25-7-21(37-4-3-24(41)17-37)16-40-29(25)20(8-32)11-36-40/h1-2,5,7,9-12,16,22-24,41H,3-4,6,13-15,17H2,(H,34,35)/t22?,23?,24-/m0/s1. The van der Waals surface area contributed by atoms with E-state index in [0.29, 0.717) is 35.2 Å². The molecule has 4 aliphatic rings. The minimum Gasteiger partial charge on any atom is -0.391 e. The van der Waals surface area contributed by atoms with Gasteiger partial charge in [-0.1, -0.05) is 0 Å². The van der Waals surface area contributed by atoms with Gasteiger partial charge in [-0.25, -0.2) is 18.9 Å². The minimum absolute atomic E-state index is 0.266. The average molecular weight is 550 g/mol. The topological polar surface area (TPSA) is 113 Å². The first-order valence-electron chi connectivity index (χ1n) is 14.0. The molecule has 0 aliphatic carbocycles. The van der Waals surface area contributed by atoms with Crippen LogP contribution in [-0.4, -0.2) is 78.9 Å². The van der Waals surface area contributed by atoms with Crippen LogP contribution in [0.15, 0.2) is 55.2 Å². The van der Waals surface area contributed by atoms with Gasteiger partial charge in [0, 0.05) is 74.5 Å². The fourth-order valence-corrected chi connectivity index (χ4v) is 6.74. The van der Waals surface area contributed by atoms with E-state index in [4.69, 9.17) is 4.98 Å². The van der Waals surface area contributed by atoms with Crippen LogP contribution in [0.3, 0.4) is 0 Å². The summed E-state index contributed by atoms with van der Waals surface area (Å²) in [6.07, 6.45) is 10.1. The summed E-state index contributed by atoms with van der Waals surface area (Å²) in [6.45, 7) is 3.88. The Balaban J connectivity index is 1.02. The molecule has 4 fully saturated rings. The lowest BCUT2D eigenvalue weighted by molar-refractivity contribution is -0.00872. The van der Waals surface area contributed by atoms with E-state index in [1.807, 2.05) is 24.7 Å². The number of rotatable bonds is 5. The van der Waals surface area contributed by atoms with Crippen molar-refractivity contribution in [2.24, 2.45) is 0 Å². The molecule has 5 aromatic heterocycles. The van der Waals surface area contributed by atoms with Crippen LogP contribution in [0, 0.1) is 17.1 Å². The highest BCUT2D eigenvalue weighted by Crippen LogP contribution is 2.37. The number of fused-ring (bicyclic) bond motifs is 4. The van der Waals surface area contributed by atoms with Gasteiger partial charge < -0.3 is 19.9 Å². The Kier molecular flexibility index (Phi) is 5.48. The van der Waals surface area contributed by atoms with Gasteiger partial charge in [0.15, 0.2) is 0 Å². The quantitative estimate of drug-likeness (QED) is 0.344. The summed E-state index contributed by atoms with van der Waals surface area (Å²) in [7, 11) is 0. The SMILES string of the molecule is N#Cc1cnn2cc(N3CC[C@H](O)C3)cc(-c3ccc(N4CC5CC(C4)N5Cc4cnc5[nH]cc(F)c5c4)nc3)c12. The molecule has 0 saturated carbocycles. The lowest BCUT2D eigenvalue weighted by Gasteiger charge is -2.56. The summed E-state index contributed by atoms with van der Waals surface area (Å²) >= 11 is 0. The first kappa shape index (κ1) is 24.3. The van der Waals surface area contributed by atoms with E-state index in [-0.39, 0.29) is 11.9 Å². The number of nitrogens with zero attached hydrogens (tertiary/aromatic N) is 8. The van der Waals surface area contributed by atoms with Crippen LogP contribution in [0.25, 0.3) is 27.7 Å². The van der Waals surface area contributed by atoms with Crippen LogP contribution < -0.4 is 9.80 Å². The van der Waals surface area contributed by atoms with Gasteiger partial charge in [-0.2, -0.15) is 10.4 Å². The molecule has 9 rings (SSSR count). The van der Waals surface area contributed by atoms with E-state index in [2.05, 4.69) is 54.0 Å². The maximum Gasteiger partial charge on any atom is 0.150 e. The first-order valence-corrected chi connectivity index (χ1v) is 14.0. The van der Waals surface area contributed by atoms with Crippen molar-refractivity contribution in [3.63, 3.8) is 0 Å². The fourth-order valence-electron chi connectivity index (χ4n) is 6.74. The number of halogens is 1. The molecule has 10 nitrogen and oxygen atoms in total. The van der Waals surface area contributed by atoms with Gasteiger partial charge in [0.1, 0.15) is 23.4 Å². The van der Waals surface area contributed by atoms with Crippen molar-refractivity contribution >= 4 is 28.1 Å². The number of H-pyrrole nitrogens is 1. The third kappa shape index (κ3) is 4.02. The number of aromatic nitrogens is 5. The summed E-state index contributed by atoms with van der Waals surface area (Å²) in [6, 6.07) is 11.2. The van der Waals surface area contributed by atoms with Gasteiger partial charge in [-0.15, -0.1) is 0 Å². The molecule has 0 spiro atoms. The van der Waals surface area contributed by atoms with Crippen molar-refractivity contribution in [3.05, 3.63) is 72.2 Å². The number of aliphatic hydroxyl groups excluding tert-OH is 1. The molecule has 0 radical (unpaired) electrons. The van der Waals surface area contributed by atoms with Gasteiger partial charge in [0.05, 0.1) is 40.7 Å². The maximum absolute atomic E-state index is 14.0. The number of piperidine rings is 1. The zero-order valence-corrected chi connectivity index (χ0v) is 22.3. The Bertz CT molecular complexity index is 1810. The van der Waals surface area contributed by atoms with Crippen LogP contribution in [0.1, 0.15) is 24.0 Å². The van der Waals surface area contributed by atoms with Crippen molar-refractivity contribution in [1.82, 2.24) is 29.5 Å². The van der Waals surface area contributed by atoms with Crippen LogP contribution in [0.5, 0.6) is 0 Å². The largest absolute Gasteiger partial charge is 0.391 e. The van der Waals surface area contributed by atoms with Crippen molar-refractivity contribution < 1.29 is 9.50 Å². The number of β-amino-alcohol motifs (C(OH)–C–C–N with tert-alkyl or cyclic N) is 1. The molecule has 206 valence electrons. The Labute approximate surface area is 235 Å². The second kappa shape index (κ2) is 9.26. The van der Waals surface area contributed by atoms with E-state index in [1.165, 1.54) is 6.20 Å². The number of nitriles is 1. The number of hydrogen-bond acceptors (Lipinski definition) is 8. The number of aromatic amines is 1. The molecule has 3 atom stereocenters. The second-order valence-corrected chi connectivity index (χ2v) is 11.4. The molecule has 0 amide bonds. The van der Waals surface area contributed by atoms with Crippen LogP contribution in [0.2, 0.25) is 0 Å². The van der Waals surface area contributed by atoms with Crippen LogP contribution >= 0.6 is 0 Å². The molecule has 0 aromatic carbocycles. The van der Waals surface area contributed by atoms with Gasteiger partial charge in [0.2, 0.25) is 0 Å². The molecule has 11 heteroatoms. The molecule has 2 unspecified atom stereocenters.